The highest BCUT2D eigenvalue weighted by molar-refractivity contribution is 5.71. The fourth-order valence-electron chi connectivity index (χ4n) is 1.85. The summed E-state index contributed by atoms with van der Waals surface area (Å²) in [4.78, 5) is 13.6. The lowest BCUT2D eigenvalue weighted by molar-refractivity contribution is 0.153. The number of amides is 1. The van der Waals surface area contributed by atoms with Crippen molar-refractivity contribution in [2.45, 2.75) is 6.42 Å². The van der Waals surface area contributed by atoms with Crippen LogP contribution in [0.25, 0.3) is 0 Å². The minimum absolute atomic E-state index is 0.297. The highest BCUT2D eigenvalue weighted by atomic mass is 16.6. The summed E-state index contributed by atoms with van der Waals surface area (Å²) in [5.41, 5.74) is 1.24. The van der Waals surface area contributed by atoms with Gasteiger partial charge >= 0.3 is 6.09 Å². The molecule has 96 valence electrons. The quantitative estimate of drug-likeness (QED) is 0.770. The molecule has 2 rings (SSSR count). The lowest BCUT2D eigenvalue weighted by atomic mass is 10.1. The molecule has 1 aromatic carbocycles. The van der Waals surface area contributed by atoms with Crippen molar-refractivity contribution in [2.75, 3.05) is 26.8 Å². The van der Waals surface area contributed by atoms with Crippen LogP contribution in [-0.4, -0.2) is 37.8 Å². The maximum absolute atomic E-state index is 11.9. The highest BCUT2D eigenvalue weighted by Crippen LogP contribution is 2.14. The van der Waals surface area contributed by atoms with E-state index in [-0.39, 0.29) is 6.09 Å². The van der Waals surface area contributed by atoms with Crippen LogP contribution in [0.5, 0.6) is 5.75 Å². The van der Waals surface area contributed by atoms with Crippen molar-refractivity contribution in [1.29, 1.82) is 0 Å². The average Bonchev–Trinajstić information content (AvgIpc) is 2.41. The number of benzene rings is 1. The Morgan fingerprint density at radius 1 is 1.33 bits per heavy atom. The Hall–Kier alpha value is -1.81. The molecule has 1 aliphatic heterocycles. The summed E-state index contributed by atoms with van der Waals surface area (Å²) < 4.78 is 10.3. The van der Waals surface area contributed by atoms with Crippen LogP contribution in [0.1, 0.15) is 6.42 Å². The lowest BCUT2D eigenvalue weighted by Gasteiger charge is -2.25. The van der Waals surface area contributed by atoms with Crippen molar-refractivity contribution >= 4 is 6.09 Å². The molecule has 4 heteroatoms. The monoisotopic (exact) mass is 247 g/mol. The van der Waals surface area contributed by atoms with E-state index in [4.69, 9.17) is 9.47 Å². The van der Waals surface area contributed by atoms with E-state index in [1.165, 1.54) is 5.57 Å². The van der Waals surface area contributed by atoms with Crippen molar-refractivity contribution in [3.8, 4) is 5.75 Å². The first kappa shape index (κ1) is 12.6. The van der Waals surface area contributed by atoms with Crippen molar-refractivity contribution in [1.82, 2.24) is 4.90 Å². The van der Waals surface area contributed by atoms with Gasteiger partial charge in [-0.15, -0.1) is 0 Å². The fraction of sp³-hybridized carbons (Fsp3) is 0.357. The largest absolute Gasteiger partial charge is 0.415 e. The summed E-state index contributed by atoms with van der Waals surface area (Å²) in [6, 6.07) is 9.12. The van der Waals surface area contributed by atoms with Crippen LogP contribution in [0.3, 0.4) is 0 Å². The first-order valence-corrected chi connectivity index (χ1v) is 5.98. The van der Waals surface area contributed by atoms with Gasteiger partial charge in [-0.25, -0.2) is 4.79 Å². The van der Waals surface area contributed by atoms with Crippen molar-refractivity contribution in [2.24, 2.45) is 0 Å². The molecule has 0 N–H and O–H groups in total. The molecular weight excluding hydrogens is 230 g/mol. The number of hydrogen-bond acceptors (Lipinski definition) is 3. The smallest absolute Gasteiger partial charge is 0.410 e. The second-order valence-corrected chi connectivity index (χ2v) is 4.17. The second kappa shape index (κ2) is 6.21. The molecule has 1 aromatic rings. The first-order valence-electron chi connectivity index (χ1n) is 5.98. The maximum Gasteiger partial charge on any atom is 0.415 e. The Bertz CT molecular complexity index is 428. The van der Waals surface area contributed by atoms with E-state index in [1.54, 1.807) is 24.1 Å². The van der Waals surface area contributed by atoms with Gasteiger partial charge < -0.3 is 14.4 Å². The zero-order valence-corrected chi connectivity index (χ0v) is 10.5. The Labute approximate surface area is 107 Å². The van der Waals surface area contributed by atoms with Gasteiger partial charge in [-0.3, -0.25) is 0 Å². The van der Waals surface area contributed by atoms with Gasteiger partial charge in [0, 0.05) is 20.2 Å². The number of carbonyl (C=O) groups is 1. The predicted molar refractivity (Wildman–Crippen MR) is 68.6 cm³/mol. The predicted octanol–water partition coefficient (Wildman–Crippen LogP) is 2.46. The van der Waals surface area contributed by atoms with Gasteiger partial charge in [-0.05, 0) is 24.1 Å². The van der Waals surface area contributed by atoms with Crippen LogP contribution in [0.15, 0.2) is 42.0 Å². The molecule has 0 unspecified atom stereocenters. The molecule has 0 aliphatic carbocycles. The number of methoxy groups -OCH3 is 1. The highest BCUT2D eigenvalue weighted by Gasteiger charge is 2.18. The zero-order chi connectivity index (χ0) is 12.8. The number of carbonyl (C=O) groups excluding carboxylic acids is 1. The Kier molecular flexibility index (Phi) is 4.36. The summed E-state index contributed by atoms with van der Waals surface area (Å²) in [5, 5.41) is 0. The van der Waals surface area contributed by atoms with Crippen LogP contribution < -0.4 is 4.74 Å². The molecule has 0 spiro atoms. The van der Waals surface area contributed by atoms with E-state index in [2.05, 4.69) is 0 Å². The van der Waals surface area contributed by atoms with Gasteiger partial charge in [0.25, 0.3) is 0 Å². The summed E-state index contributed by atoms with van der Waals surface area (Å²) in [6.45, 7) is 1.91. The summed E-state index contributed by atoms with van der Waals surface area (Å²) in [5.74, 6) is 0.578. The molecule has 4 nitrogen and oxygen atoms in total. The third kappa shape index (κ3) is 3.34. The van der Waals surface area contributed by atoms with Gasteiger partial charge in [0.15, 0.2) is 0 Å². The molecule has 1 heterocycles. The maximum atomic E-state index is 11.9. The average molecular weight is 247 g/mol. The molecule has 0 aromatic heterocycles. The summed E-state index contributed by atoms with van der Waals surface area (Å²) in [7, 11) is 1.68. The molecule has 0 radical (unpaired) electrons. The van der Waals surface area contributed by atoms with Gasteiger partial charge in [0.05, 0.1) is 6.61 Å². The number of hydrogen-bond donors (Lipinski definition) is 0. The minimum atomic E-state index is -0.297. The van der Waals surface area contributed by atoms with Crippen molar-refractivity contribution < 1.29 is 14.3 Å². The van der Waals surface area contributed by atoms with Gasteiger partial charge in [-0.2, -0.15) is 0 Å². The molecular formula is C14H17NO3. The molecule has 1 aliphatic rings. The van der Waals surface area contributed by atoms with Crippen LogP contribution >= 0.6 is 0 Å². The fourth-order valence-corrected chi connectivity index (χ4v) is 1.85. The summed E-state index contributed by atoms with van der Waals surface area (Å²) >= 11 is 0. The van der Waals surface area contributed by atoms with Gasteiger partial charge in [0.1, 0.15) is 5.75 Å². The minimum Gasteiger partial charge on any atom is -0.410 e. The number of rotatable bonds is 3. The molecule has 1 amide bonds. The zero-order valence-electron chi connectivity index (χ0n) is 10.5. The topological polar surface area (TPSA) is 38.8 Å². The second-order valence-electron chi connectivity index (χ2n) is 4.17. The number of para-hydroxylation sites is 1. The molecule has 0 bridgehead atoms. The number of nitrogens with zero attached hydrogens (tertiary/aromatic N) is 1. The van der Waals surface area contributed by atoms with E-state index >= 15 is 0 Å². The van der Waals surface area contributed by atoms with E-state index < -0.39 is 0 Å². The van der Waals surface area contributed by atoms with Gasteiger partial charge in [-0.1, -0.05) is 24.3 Å². The molecule has 0 atom stereocenters. The summed E-state index contributed by atoms with van der Waals surface area (Å²) in [6.07, 6.45) is 2.57. The standard InChI is InChI=1S/C14H17NO3/c1-17-11-12-7-9-15(10-8-12)14(16)18-13-5-3-2-4-6-13/h2-7H,8-11H2,1H3. The van der Waals surface area contributed by atoms with E-state index in [0.29, 0.717) is 25.4 Å². The van der Waals surface area contributed by atoms with Crippen LogP contribution in [0.2, 0.25) is 0 Å². The van der Waals surface area contributed by atoms with E-state index in [9.17, 15) is 4.79 Å². The molecule has 0 saturated heterocycles. The van der Waals surface area contributed by atoms with E-state index in [1.807, 2.05) is 24.3 Å². The third-order valence-corrected chi connectivity index (χ3v) is 2.84. The van der Waals surface area contributed by atoms with Crippen LogP contribution in [-0.2, 0) is 4.74 Å². The Morgan fingerprint density at radius 3 is 2.72 bits per heavy atom. The molecule has 0 fully saturated rings. The number of ether oxygens (including phenoxy) is 2. The third-order valence-electron chi connectivity index (χ3n) is 2.84. The molecule has 0 saturated carbocycles. The molecule has 18 heavy (non-hydrogen) atoms. The van der Waals surface area contributed by atoms with Crippen molar-refractivity contribution in [3.05, 3.63) is 42.0 Å². The Morgan fingerprint density at radius 2 is 2.11 bits per heavy atom. The van der Waals surface area contributed by atoms with Crippen LogP contribution in [0.4, 0.5) is 4.79 Å². The normalized spacial score (nSPS) is 15.2. The van der Waals surface area contributed by atoms with E-state index in [0.717, 1.165) is 6.42 Å². The Balaban J connectivity index is 1.88. The first-order chi connectivity index (χ1) is 8.79. The van der Waals surface area contributed by atoms with Gasteiger partial charge in [0.2, 0.25) is 0 Å². The lowest BCUT2D eigenvalue weighted by Crippen LogP contribution is -2.37. The SMILES string of the molecule is COCC1=CCN(C(=O)Oc2ccccc2)CC1. The van der Waals surface area contributed by atoms with Crippen molar-refractivity contribution in [3.63, 3.8) is 0 Å². The van der Waals surface area contributed by atoms with Crippen LogP contribution in [0, 0.1) is 0 Å².